The highest BCUT2D eigenvalue weighted by atomic mass is 32.2. The zero-order chi connectivity index (χ0) is 21.3. The first-order valence-corrected chi connectivity index (χ1v) is 12.3. The lowest BCUT2D eigenvalue weighted by Crippen LogP contribution is -2.73. The highest BCUT2D eigenvalue weighted by Gasteiger charge is 2.56. The maximum absolute atomic E-state index is 13.8. The Morgan fingerprint density at radius 1 is 1.17 bits per heavy atom. The van der Waals surface area contributed by atoms with E-state index in [2.05, 4.69) is 5.32 Å². The smallest absolute Gasteiger partial charge is 0.320 e. The summed E-state index contributed by atoms with van der Waals surface area (Å²) < 4.78 is 37.2. The molecule has 0 aromatic heterocycles. The van der Waals surface area contributed by atoms with Crippen molar-refractivity contribution in [3.05, 3.63) is 29.6 Å². The quantitative estimate of drug-likeness (QED) is 0.781. The fraction of sp³-hybridized carbons (Fsp3) is 0.619. The van der Waals surface area contributed by atoms with Crippen LogP contribution in [0.3, 0.4) is 0 Å². The van der Waals surface area contributed by atoms with Crippen LogP contribution in [0.1, 0.15) is 31.2 Å². The molecule has 1 aromatic carbocycles. The number of hydrogen-bond donors (Lipinski definition) is 1. The Bertz CT molecular complexity index is 1020. The summed E-state index contributed by atoms with van der Waals surface area (Å²) >= 11 is 0. The van der Waals surface area contributed by atoms with Crippen LogP contribution in [0.2, 0.25) is 0 Å². The molecule has 1 aliphatic carbocycles. The fourth-order valence-electron chi connectivity index (χ4n) is 5.78. The van der Waals surface area contributed by atoms with Gasteiger partial charge in [0.25, 0.3) is 0 Å². The van der Waals surface area contributed by atoms with Gasteiger partial charge in [0, 0.05) is 44.3 Å². The molecule has 1 aromatic rings. The minimum absolute atomic E-state index is 0.0257. The third-order valence-corrected chi connectivity index (χ3v) is 8.23. The lowest BCUT2D eigenvalue weighted by molar-refractivity contribution is -0.120. The second-order valence-electron chi connectivity index (χ2n) is 9.87. The fourth-order valence-corrected chi connectivity index (χ4v) is 6.47. The van der Waals surface area contributed by atoms with Gasteiger partial charge in [-0.15, -0.1) is 0 Å². The molecule has 3 saturated heterocycles. The summed E-state index contributed by atoms with van der Waals surface area (Å²) in [7, 11) is -3.43. The van der Waals surface area contributed by atoms with Crippen LogP contribution in [0.5, 0.6) is 0 Å². The average Bonchev–Trinajstić information content (AvgIpc) is 2.95. The van der Waals surface area contributed by atoms with Gasteiger partial charge in [-0.2, -0.15) is 0 Å². The van der Waals surface area contributed by atoms with E-state index in [9.17, 15) is 22.4 Å². The predicted molar refractivity (Wildman–Crippen MR) is 107 cm³/mol. The molecule has 4 fully saturated rings. The lowest BCUT2D eigenvalue weighted by atomic mass is 9.56. The Balaban J connectivity index is 1.11. The highest BCUT2D eigenvalue weighted by molar-refractivity contribution is 7.90. The van der Waals surface area contributed by atoms with E-state index in [-0.39, 0.29) is 27.8 Å². The second kappa shape index (κ2) is 6.42. The average molecular weight is 436 g/mol. The molecule has 2 spiro atoms. The minimum atomic E-state index is -3.43. The van der Waals surface area contributed by atoms with E-state index in [1.165, 1.54) is 6.07 Å². The first-order chi connectivity index (χ1) is 14.0. The van der Waals surface area contributed by atoms with Crippen LogP contribution < -0.4 is 5.32 Å². The summed E-state index contributed by atoms with van der Waals surface area (Å²) in [5.41, 5.74) is 0.691. The largest absolute Gasteiger partial charge is 0.347 e. The predicted octanol–water partition coefficient (Wildman–Crippen LogP) is 1.57. The summed E-state index contributed by atoms with van der Waals surface area (Å²) in [6.45, 7) is 2.70. The van der Waals surface area contributed by atoms with Crippen molar-refractivity contribution >= 4 is 21.8 Å². The number of halogens is 1. The number of amides is 3. The number of nitrogens with one attached hydrogen (secondary N) is 1. The Labute approximate surface area is 175 Å². The van der Waals surface area contributed by atoms with Crippen molar-refractivity contribution in [1.29, 1.82) is 0 Å². The Kier molecular flexibility index (Phi) is 4.23. The minimum Gasteiger partial charge on any atom is -0.347 e. The van der Waals surface area contributed by atoms with Gasteiger partial charge >= 0.3 is 6.03 Å². The summed E-state index contributed by atoms with van der Waals surface area (Å²) in [5, 5.41) is 3.00. The van der Waals surface area contributed by atoms with E-state index >= 15 is 0 Å². The number of urea groups is 1. The number of carbonyl (C=O) groups excluding carboxylic acids is 2. The third-order valence-electron chi connectivity index (χ3n) is 7.14. The molecule has 0 atom stereocenters. The van der Waals surface area contributed by atoms with Crippen LogP contribution >= 0.6 is 0 Å². The van der Waals surface area contributed by atoms with Crippen LogP contribution in [-0.4, -0.2) is 68.1 Å². The van der Waals surface area contributed by atoms with Crippen molar-refractivity contribution in [1.82, 2.24) is 15.1 Å². The standard InChI is InChI=1S/C21H26FN3O4S/c1-30(28,29)17-6-14(5-16(22)7-17)4-15-8-20(9-15)10-24(11-20)19(27)25-12-21(13-25)3-2-18(26)23-21/h5-7,15H,2-4,8-13H2,1H3,(H,23,26). The van der Waals surface area contributed by atoms with E-state index in [0.29, 0.717) is 37.4 Å². The molecule has 162 valence electrons. The van der Waals surface area contributed by atoms with Gasteiger partial charge in [0.05, 0.1) is 10.4 Å². The van der Waals surface area contributed by atoms with Gasteiger partial charge in [-0.1, -0.05) is 0 Å². The summed E-state index contributed by atoms with van der Waals surface area (Å²) in [6, 6.07) is 4.10. The van der Waals surface area contributed by atoms with Gasteiger partial charge in [-0.25, -0.2) is 17.6 Å². The lowest BCUT2D eigenvalue weighted by Gasteiger charge is -2.61. The van der Waals surface area contributed by atoms with E-state index in [4.69, 9.17) is 0 Å². The number of hydrogen-bond acceptors (Lipinski definition) is 4. The third kappa shape index (κ3) is 3.36. The van der Waals surface area contributed by atoms with Gasteiger partial charge in [0.2, 0.25) is 5.91 Å². The zero-order valence-electron chi connectivity index (χ0n) is 17.0. The molecule has 1 saturated carbocycles. The zero-order valence-corrected chi connectivity index (χ0v) is 17.8. The monoisotopic (exact) mass is 435 g/mol. The van der Waals surface area contributed by atoms with Gasteiger partial charge in [-0.05, 0) is 55.4 Å². The van der Waals surface area contributed by atoms with E-state index in [1.54, 1.807) is 6.07 Å². The molecule has 0 bridgehead atoms. The number of sulfone groups is 1. The van der Waals surface area contributed by atoms with Crippen molar-refractivity contribution in [3.8, 4) is 0 Å². The van der Waals surface area contributed by atoms with Gasteiger partial charge < -0.3 is 15.1 Å². The topological polar surface area (TPSA) is 86.8 Å². The Morgan fingerprint density at radius 3 is 2.43 bits per heavy atom. The van der Waals surface area contributed by atoms with Gasteiger partial charge in [0.1, 0.15) is 5.82 Å². The van der Waals surface area contributed by atoms with Crippen LogP contribution in [0, 0.1) is 17.2 Å². The first kappa shape index (κ1) is 19.8. The number of likely N-dealkylation sites (tertiary alicyclic amines) is 2. The molecule has 3 amide bonds. The molecule has 3 aliphatic heterocycles. The molecule has 0 unspecified atom stereocenters. The van der Waals surface area contributed by atoms with Gasteiger partial charge in [-0.3, -0.25) is 4.79 Å². The van der Waals surface area contributed by atoms with E-state index < -0.39 is 15.7 Å². The molecule has 0 radical (unpaired) electrons. The van der Waals surface area contributed by atoms with Crippen molar-refractivity contribution in [2.45, 2.75) is 42.5 Å². The first-order valence-electron chi connectivity index (χ1n) is 10.4. The highest BCUT2D eigenvalue weighted by Crippen LogP contribution is 2.53. The number of nitrogens with zero attached hydrogens (tertiary/aromatic N) is 2. The molecule has 7 nitrogen and oxygen atoms in total. The van der Waals surface area contributed by atoms with Crippen molar-refractivity contribution in [2.75, 3.05) is 32.4 Å². The normalized spacial score (nSPS) is 24.4. The Morgan fingerprint density at radius 2 is 1.83 bits per heavy atom. The number of benzene rings is 1. The number of carbonyl (C=O) groups is 2. The molecular formula is C21H26FN3O4S. The maximum Gasteiger partial charge on any atom is 0.320 e. The van der Waals surface area contributed by atoms with Gasteiger partial charge in [0.15, 0.2) is 9.84 Å². The van der Waals surface area contributed by atoms with E-state index in [0.717, 1.165) is 44.7 Å². The van der Waals surface area contributed by atoms with Crippen molar-refractivity contribution in [3.63, 3.8) is 0 Å². The van der Waals surface area contributed by atoms with Crippen LogP contribution in [0.15, 0.2) is 23.1 Å². The SMILES string of the molecule is CS(=O)(=O)c1cc(F)cc(CC2CC3(C2)CN(C(=O)N2CC4(CCC(=O)N4)C2)C3)c1. The van der Waals surface area contributed by atoms with Crippen molar-refractivity contribution < 1.29 is 22.4 Å². The van der Waals surface area contributed by atoms with Crippen LogP contribution in [0.25, 0.3) is 0 Å². The molecule has 4 aliphatic rings. The van der Waals surface area contributed by atoms with Crippen LogP contribution in [-0.2, 0) is 21.1 Å². The summed E-state index contributed by atoms with van der Waals surface area (Å²) in [5.74, 6) is -0.0574. The number of rotatable bonds is 3. The van der Waals surface area contributed by atoms with E-state index in [1.807, 2.05) is 9.80 Å². The molecule has 3 heterocycles. The molecular weight excluding hydrogens is 409 g/mol. The van der Waals surface area contributed by atoms with Crippen molar-refractivity contribution in [2.24, 2.45) is 11.3 Å². The summed E-state index contributed by atoms with van der Waals surface area (Å²) in [4.78, 5) is 27.8. The molecule has 5 rings (SSSR count). The second-order valence-corrected chi connectivity index (χ2v) is 11.9. The maximum atomic E-state index is 13.8. The Hall–Kier alpha value is -2.16. The molecule has 30 heavy (non-hydrogen) atoms. The summed E-state index contributed by atoms with van der Waals surface area (Å²) in [6.07, 6.45) is 5.05. The molecule has 9 heteroatoms. The van der Waals surface area contributed by atoms with Crippen LogP contribution in [0.4, 0.5) is 9.18 Å². The molecule has 1 N–H and O–H groups in total.